The number of pyridine rings is 1. The van der Waals surface area contributed by atoms with Gasteiger partial charge in [0.05, 0.1) is 6.61 Å². The first-order valence-corrected chi connectivity index (χ1v) is 6.91. The fourth-order valence-corrected chi connectivity index (χ4v) is 1.85. The summed E-state index contributed by atoms with van der Waals surface area (Å²) in [5.41, 5.74) is 1.05. The summed E-state index contributed by atoms with van der Waals surface area (Å²) >= 11 is 6.16. The minimum atomic E-state index is -0.0695. The fourth-order valence-electron chi connectivity index (χ4n) is 1.61. The van der Waals surface area contributed by atoms with E-state index in [1.165, 1.54) is 0 Å². The standard InChI is InChI=1S/C14H23ClN2O2/c1-10(2)6-16-7-12-5-13(15)14(17-8-12)19-11(3)9-18-4/h5,8,10-11,16H,6-7,9H2,1-4H3. The Morgan fingerprint density at radius 2 is 2.11 bits per heavy atom. The van der Waals surface area contributed by atoms with E-state index in [-0.39, 0.29) is 6.10 Å². The molecule has 108 valence electrons. The molecule has 0 aromatic carbocycles. The molecule has 5 heteroatoms. The third kappa shape index (κ3) is 6.23. The number of nitrogens with one attached hydrogen (secondary N) is 1. The molecule has 0 saturated carbocycles. The monoisotopic (exact) mass is 286 g/mol. The van der Waals surface area contributed by atoms with E-state index in [9.17, 15) is 0 Å². The summed E-state index contributed by atoms with van der Waals surface area (Å²) in [6.07, 6.45) is 1.72. The Labute approximate surface area is 120 Å². The van der Waals surface area contributed by atoms with Gasteiger partial charge in [0.25, 0.3) is 0 Å². The van der Waals surface area contributed by atoms with Crippen molar-refractivity contribution in [3.8, 4) is 5.88 Å². The summed E-state index contributed by atoms with van der Waals surface area (Å²) in [7, 11) is 1.64. The minimum absolute atomic E-state index is 0.0695. The highest BCUT2D eigenvalue weighted by Crippen LogP contribution is 2.23. The van der Waals surface area contributed by atoms with Crippen LogP contribution in [-0.4, -0.2) is 31.3 Å². The van der Waals surface area contributed by atoms with E-state index in [0.717, 1.165) is 18.7 Å². The molecule has 0 saturated heterocycles. The van der Waals surface area contributed by atoms with Gasteiger partial charge in [-0.3, -0.25) is 0 Å². The van der Waals surface area contributed by atoms with Crippen molar-refractivity contribution in [2.75, 3.05) is 20.3 Å². The number of rotatable bonds is 8. The number of nitrogens with zero attached hydrogens (tertiary/aromatic N) is 1. The summed E-state index contributed by atoms with van der Waals surface area (Å²) in [5, 5.41) is 3.88. The van der Waals surface area contributed by atoms with E-state index in [0.29, 0.717) is 23.4 Å². The van der Waals surface area contributed by atoms with Crippen LogP contribution < -0.4 is 10.1 Å². The van der Waals surface area contributed by atoms with Gasteiger partial charge in [0.15, 0.2) is 0 Å². The second-order valence-corrected chi connectivity index (χ2v) is 5.45. The fraction of sp³-hybridized carbons (Fsp3) is 0.643. The number of ether oxygens (including phenoxy) is 2. The maximum Gasteiger partial charge on any atom is 0.232 e. The van der Waals surface area contributed by atoms with Crippen LogP contribution in [-0.2, 0) is 11.3 Å². The average molecular weight is 287 g/mol. The molecule has 0 radical (unpaired) electrons. The van der Waals surface area contributed by atoms with E-state index in [2.05, 4.69) is 24.1 Å². The van der Waals surface area contributed by atoms with Crippen LogP contribution in [0.5, 0.6) is 5.88 Å². The molecule has 1 N–H and O–H groups in total. The molecule has 1 unspecified atom stereocenters. The zero-order valence-electron chi connectivity index (χ0n) is 12.1. The molecule has 0 spiro atoms. The first kappa shape index (κ1) is 16.2. The SMILES string of the molecule is COCC(C)Oc1ncc(CNCC(C)C)cc1Cl. The molecule has 0 amide bonds. The molecule has 0 fully saturated rings. The van der Waals surface area contributed by atoms with Crippen LogP contribution in [0.2, 0.25) is 5.02 Å². The Hall–Kier alpha value is -0.840. The van der Waals surface area contributed by atoms with Gasteiger partial charge in [0.2, 0.25) is 5.88 Å². The Balaban J connectivity index is 2.54. The number of methoxy groups -OCH3 is 1. The van der Waals surface area contributed by atoms with Gasteiger partial charge in [-0.1, -0.05) is 25.4 Å². The summed E-state index contributed by atoms with van der Waals surface area (Å²) in [5.74, 6) is 1.08. The lowest BCUT2D eigenvalue weighted by atomic mass is 10.2. The molecule has 4 nitrogen and oxygen atoms in total. The smallest absolute Gasteiger partial charge is 0.232 e. The van der Waals surface area contributed by atoms with Gasteiger partial charge in [0, 0.05) is 19.9 Å². The molecule has 1 aromatic heterocycles. The van der Waals surface area contributed by atoms with Crippen LogP contribution in [0.3, 0.4) is 0 Å². The number of hydrogen-bond acceptors (Lipinski definition) is 4. The highest BCUT2D eigenvalue weighted by atomic mass is 35.5. The highest BCUT2D eigenvalue weighted by Gasteiger charge is 2.09. The van der Waals surface area contributed by atoms with Crippen molar-refractivity contribution in [1.82, 2.24) is 10.3 Å². The van der Waals surface area contributed by atoms with Crippen LogP contribution in [0, 0.1) is 5.92 Å². The molecule has 0 aliphatic carbocycles. The van der Waals surface area contributed by atoms with Crippen molar-refractivity contribution in [2.45, 2.75) is 33.4 Å². The summed E-state index contributed by atoms with van der Waals surface area (Å²) in [6, 6.07) is 1.89. The second kappa shape index (κ2) is 8.35. The number of hydrogen-bond donors (Lipinski definition) is 1. The predicted octanol–water partition coefficient (Wildman–Crippen LogP) is 2.89. The van der Waals surface area contributed by atoms with Crippen LogP contribution in [0.25, 0.3) is 0 Å². The first-order valence-electron chi connectivity index (χ1n) is 6.53. The Kier molecular flexibility index (Phi) is 7.13. The van der Waals surface area contributed by atoms with Gasteiger partial charge >= 0.3 is 0 Å². The van der Waals surface area contributed by atoms with Crippen LogP contribution in [0.1, 0.15) is 26.3 Å². The quantitative estimate of drug-likeness (QED) is 0.798. The number of aromatic nitrogens is 1. The van der Waals surface area contributed by atoms with Crippen molar-refractivity contribution in [1.29, 1.82) is 0 Å². The maximum atomic E-state index is 6.16. The van der Waals surface area contributed by atoms with E-state index in [4.69, 9.17) is 21.1 Å². The van der Waals surface area contributed by atoms with Gasteiger partial charge in [-0.05, 0) is 31.0 Å². The van der Waals surface area contributed by atoms with Crippen molar-refractivity contribution in [3.63, 3.8) is 0 Å². The Bertz CT molecular complexity index is 386. The predicted molar refractivity (Wildman–Crippen MR) is 77.8 cm³/mol. The highest BCUT2D eigenvalue weighted by molar-refractivity contribution is 6.31. The molecule has 1 atom stereocenters. The molecular weight excluding hydrogens is 264 g/mol. The van der Waals surface area contributed by atoms with E-state index >= 15 is 0 Å². The maximum absolute atomic E-state index is 6.16. The van der Waals surface area contributed by atoms with Crippen molar-refractivity contribution in [2.24, 2.45) is 5.92 Å². The van der Waals surface area contributed by atoms with Crippen LogP contribution in [0.4, 0.5) is 0 Å². The molecule has 0 bridgehead atoms. The lowest BCUT2D eigenvalue weighted by molar-refractivity contribution is 0.0890. The lowest BCUT2D eigenvalue weighted by Crippen LogP contribution is -2.20. The van der Waals surface area contributed by atoms with Gasteiger partial charge < -0.3 is 14.8 Å². The average Bonchev–Trinajstić information content (AvgIpc) is 2.32. The zero-order valence-corrected chi connectivity index (χ0v) is 12.8. The Morgan fingerprint density at radius 1 is 1.37 bits per heavy atom. The van der Waals surface area contributed by atoms with E-state index in [1.54, 1.807) is 13.3 Å². The molecule has 1 rings (SSSR count). The normalized spacial score (nSPS) is 12.7. The molecule has 1 heterocycles. The van der Waals surface area contributed by atoms with Crippen LogP contribution in [0.15, 0.2) is 12.3 Å². The first-order chi connectivity index (χ1) is 9.02. The summed E-state index contributed by atoms with van der Waals surface area (Å²) in [4.78, 5) is 4.25. The molecule has 0 aliphatic heterocycles. The Morgan fingerprint density at radius 3 is 2.68 bits per heavy atom. The molecule has 19 heavy (non-hydrogen) atoms. The van der Waals surface area contributed by atoms with E-state index in [1.807, 2.05) is 13.0 Å². The third-order valence-electron chi connectivity index (χ3n) is 2.46. The van der Waals surface area contributed by atoms with Crippen molar-refractivity contribution in [3.05, 3.63) is 22.8 Å². The number of halogens is 1. The van der Waals surface area contributed by atoms with Gasteiger partial charge in [-0.2, -0.15) is 0 Å². The molecular formula is C14H23ClN2O2. The summed E-state index contributed by atoms with van der Waals surface area (Å²) in [6.45, 7) is 8.51. The summed E-state index contributed by atoms with van der Waals surface area (Å²) < 4.78 is 10.6. The van der Waals surface area contributed by atoms with Crippen molar-refractivity contribution < 1.29 is 9.47 Å². The molecule has 1 aromatic rings. The van der Waals surface area contributed by atoms with Gasteiger partial charge in [0.1, 0.15) is 11.1 Å². The zero-order chi connectivity index (χ0) is 14.3. The largest absolute Gasteiger partial charge is 0.471 e. The minimum Gasteiger partial charge on any atom is -0.471 e. The van der Waals surface area contributed by atoms with Crippen LogP contribution >= 0.6 is 11.6 Å². The van der Waals surface area contributed by atoms with E-state index < -0.39 is 0 Å². The third-order valence-corrected chi connectivity index (χ3v) is 2.73. The molecule has 0 aliphatic rings. The topological polar surface area (TPSA) is 43.4 Å². The lowest BCUT2D eigenvalue weighted by Gasteiger charge is -2.14. The van der Waals surface area contributed by atoms with Gasteiger partial charge in [-0.25, -0.2) is 4.98 Å². The van der Waals surface area contributed by atoms with Gasteiger partial charge in [-0.15, -0.1) is 0 Å². The second-order valence-electron chi connectivity index (χ2n) is 5.04. The van der Waals surface area contributed by atoms with Crippen molar-refractivity contribution >= 4 is 11.6 Å².